The normalized spacial score (nSPS) is 13.5. The standard InChI is InChI=1S/C29H31N3O/c33-29(31-19-18-30-28-14-6-10-23-8-2-4-13-27(23)28)17-20-32(25-15-16-25)21-24-11-5-9-22-7-1-3-12-26(22)24/h1-14,25,30H,15-21H2,(H,31,33). The molecule has 1 aliphatic rings. The summed E-state index contributed by atoms with van der Waals surface area (Å²) < 4.78 is 0. The summed E-state index contributed by atoms with van der Waals surface area (Å²) in [5.74, 6) is 0.123. The molecule has 1 saturated carbocycles. The van der Waals surface area contributed by atoms with E-state index >= 15 is 0 Å². The number of amides is 1. The average Bonchev–Trinajstić information content (AvgIpc) is 3.70. The Morgan fingerprint density at radius 1 is 0.788 bits per heavy atom. The van der Waals surface area contributed by atoms with Crippen LogP contribution in [0.1, 0.15) is 24.8 Å². The Balaban J connectivity index is 1.11. The van der Waals surface area contributed by atoms with Crippen LogP contribution < -0.4 is 10.6 Å². The number of benzene rings is 4. The van der Waals surface area contributed by atoms with Gasteiger partial charge in [-0.1, -0.05) is 78.9 Å². The highest BCUT2D eigenvalue weighted by molar-refractivity contribution is 5.93. The van der Waals surface area contributed by atoms with Crippen LogP contribution in [0.15, 0.2) is 84.9 Å². The minimum atomic E-state index is 0.123. The predicted octanol–water partition coefficient (Wildman–Crippen LogP) is 5.58. The lowest BCUT2D eigenvalue weighted by atomic mass is 10.0. The number of nitrogens with zero attached hydrogens (tertiary/aromatic N) is 1. The molecular weight excluding hydrogens is 406 g/mol. The number of hydrogen-bond donors (Lipinski definition) is 2. The van der Waals surface area contributed by atoms with Gasteiger partial charge in [0, 0.05) is 49.7 Å². The summed E-state index contributed by atoms with van der Waals surface area (Å²) in [5.41, 5.74) is 2.46. The Morgan fingerprint density at radius 3 is 2.24 bits per heavy atom. The van der Waals surface area contributed by atoms with Crippen LogP contribution >= 0.6 is 0 Å². The molecule has 168 valence electrons. The van der Waals surface area contributed by atoms with Crippen molar-refractivity contribution < 1.29 is 4.79 Å². The van der Waals surface area contributed by atoms with Crippen LogP contribution in [-0.4, -0.2) is 36.5 Å². The first-order valence-electron chi connectivity index (χ1n) is 12.0. The Hall–Kier alpha value is -3.37. The minimum absolute atomic E-state index is 0.123. The maximum absolute atomic E-state index is 12.5. The summed E-state index contributed by atoms with van der Waals surface area (Å²) in [4.78, 5) is 15.0. The molecule has 1 aliphatic carbocycles. The van der Waals surface area contributed by atoms with Crippen molar-refractivity contribution in [3.8, 4) is 0 Å². The van der Waals surface area contributed by atoms with Crippen LogP contribution in [0.4, 0.5) is 5.69 Å². The summed E-state index contributed by atoms with van der Waals surface area (Å²) in [5, 5.41) is 11.6. The van der Waals surface area contributed by atoms with E-state index < -0.39 is 0 Å². The number of carbonyl (C=O) groups is 1. The van der Waals surface area contributed by atoms with Gasteiger partial charge in [-0.3, -0.25) is 9.69 Å². The molecule has 0 bridgehead atoms. The van der Waals surface area contributed by atoms with Crippen LogP contribution in [0.25, 0.3) is 21.5 Å². The van der Waals surface area contributed by atoms with Gasteiger partial charge >= 0.3 is 0 Å². The molecule has 4 nitrogen and oxygen atoms in total. The second kappa shape index (κ2) is 10.1. The van der Waals surface area contributed by atoms with E-state index in [0.717, 1.165) is 18.8 Å². The average molecular weight is 438 g/mol. The molecule has 0 heterocycles. The van der Waals surface area contributed by atoms with Crippen molar-refractivity contribution in [2.75, 3.05) is 25.0 Å². The van der Waals surface area contributed by atoms with Crippen LogP contribution in [0.2, 0.25) is 0 Å². The highest BCUT2D eigenvalue weighted by Crippen LogP contribution is 2.30. The number of rotatable bonds is 10. The smallest absolute Gasteiger partial charge is 0.221 e. The van der Waals surface area contributed by atoms with Gasteiger partial charge in [0.1, 0.15) is 0 Å². The summed E-state index contributed by atoms with van der Waals surface area (Å²) in [6, 6.07) is 30.3. The van der Waals surface area contributed by atoms with Gasteiger partial charge in [-0.15, -0.1) is 0 Å². The predicted molar refractivity (Wildman–Crippen MR) is 137 cm³/mol. The van der Waals surface area contributed by atoms with Gasteiger partial charge in [-0.05, 0) is 40.6 Å². The van der Waals surface area contributed by atoms with Crippen molar-refractivity contribution in [1.29, 1.82) is 0 Å². The van der Waals surface area contributed by atoms with Crippen molar-refractivity contribution in [3.63, 3.8) is 0 Å². The lowest BCUT2D eigenvalue weighted by molar-refractivity contribution is -0.121. The molecule has 0 saturated heterocycles. The molecule has 0 spiro atoms. The fraction of sp³-hybridized carbons (Fsp3) is 0.276. The van der Waals surface area contributed by atoms with Crippen molar-refractivity contribution in [1.82, 2.24) is 10.2 Å². The topological polar surface area (TPSA) is 44.4 Å². The van der Waals surface area contributed by atoms with Gasteiger partial charge in [-0.25, -0.2) is 0 Å². The lowest BCUT2D eigenvalue weighted by Crippen LogP contribution is -2.34. The molecule has 1 fully saturated rings. The zero-order valence-electron chi connectivity index (χ0n) is 19.0. The largest absolute Gasteiger partial charge is 0.383 e. The van der Waals surface area contributed by atoms with E-state index in [2.05, 4.69) is 100 Å². The maximum Gasteiger partial charge on any atom is 0.221 e. The number of fused-ring (bicyclic) bond motifs is 2. The first kappa shape index (κ1) is 21.5. The molecular formula is C29H31N3O. The number of carbonyl (C=O) groups excluding carboxylic acids is 1. The number of nitrogens with one attached hydrogen (secondary N) is 2. The zero-order chi connectivity index (χ0) is 22.5. The molecule has 33 heavy (non-hydrogen) atoms. The third kappa shape index (κ3) is 5.35. The van der Waals surface area contributed by atoms with Crippen LogP contribution in [0.3, 0.4) is 0 Å². The molecule has 5 rings (SSSR count). The molecule has 1 amide bonds. The number of hydrogen-bond acceptors (Lipinski definition) is 3. The van der Waals surface area contributed by atoms with Crippen molar-refractivity contribution in [2.45, 2.75) is 31.8 Å². The van der Waals surface area contributed by atoms with Gasteiger partial charge in [0.25, 0.3) is 0 Å². The van der Waals surface area contributed by atoms with E-state index in [0.29, 0.717) is 25.6 Å². The fourth-order valence-electron chi connectivity index (χ4n) is 4.59. The Kier molecular flexibility index (Phi) is 6.54. The third-order valence-electron chi connectivity index (χ3n) is 6.49. The van der Waals surface area contributed by atoms with Gasteiger partial charge < -0.3 is 10.6 Å². The van der Waals surface area contributed by atoms with Gasteiger partial charge in [0.15, 0.2) is 0 Å². The first-order chi connectivity index (χ1) is 16.3. The molecule has 0 aliphatic heterocycles. The van der Waals surface area contributed by atoms with E-state index in [1.165, 1.54) is 39.9 Å². The van der Waals surface area contributed by atoms with E-state index in [1.807, 2.05) is 0 Å². The Bertz CT molecular complexity index is 1240. The van der Waals surface area contributed by atoms with Gasteiger partial charge in [-0.2, -0.15) is 0 Å². The van der Waals surface area contributed by atoms with Crippen LogP contribution in [-0.2, 0) is 11.3 Å². The quantitative estimate of drug-likeness (QED) is 0.319. The molecule has 0 radical (unpaired) electrons. The SMILES string of the molecule is O=C(CCN(Cc1cccc2ccccc12)C1CC1)NCCNc1cccc2ccccc12. The van der Waals surface area contributed by atoms with Gasteiger partial charge in [0.05, 0.1) is 0 Å². The monoisotopic (exact) mass is 437 g/mol. The summed E-state index contributed by atoms with van der Waals surface area (Å²) in [6.07, 6.45) is 3.01. The van der Waals surface area contributed by atoms with Crippen molar-refractivity contribution >= 4 is 33.1 Å². The van der Waals surface area contributed by atoms with Crippen molar-refractivity contribution in [3.05, 3.63) is 90.5 Å². The molecule has 2 N–H and O–H groups in total. The first-order valence-corrected chi connectivity index (χ1v) is 12.0. The van der Waals surface area contributed by atoms with E-state index in [9.17, 15) is 4.79 Å². The minimum Gasteiger partial charge on any atom is -0.383 e. The molecule has 0 unspecified atom stereocenters. The van der Waals surface area contributed by atoms with E-state index in [1.54, 1.807) is 0 Å². The Labute approximate surface area is 195 Å². The third-order valence-corrected chi connectivity index (χ3v) is 6.49. The summed E-state index contributed by atoms with van der Waals surface area (Å²) in [7, 11) is 0. The molecule has 4 aromatic carbocycles. The highest BCUT2D eigenvalue weighted by Gasteiger charge is 2.29. The van der Waals surface area contributed by atoms with Crippen molar-refractivity contribution in [2.24, 2.45) is 0 Å². The highest BCUT2D eigenvalue weighted by atomic mass is 16.1. The molecule has 0 aromatic heterocycles. The summed E-state index contributed by atoms with van der Waals surface area (Å²) in [6.45, 7) is 3.04. The molecule has 4 heteroatoms. The van der Waals surface area contributed by atoms with Crippen LogP contribution in [0.5, 0.6) is 0 Å². The Morgan fingerprint density at radius 2 is 1.45 bits per heavy atom. The van der Waals surface area contributed by atoms with Gasteiger partial charge in [0.2, 0.25) is 5.91 Å². The number of anilines is 1. The second-order valence-corrected chi connectivity index (χ2v) is 8.89. The molecule has 0 atom stereocenters. The lowest BCUT2D eigenvalue weighted by Gasteiger charge is -2.22. The van der Waals surface area contributed by atoms with E-state index in [4.69, 9.17) is 0 Å². The fourth-order valence-corrected chi connectivity index (χ4v) is 4.59. The zero-order valence-corrected chi connectivity index (χ0v) is 19.0. The molecule has 4 aromatic rings. The maximum atomic E-state index is 12.5. The van der Waals surface area contributed by atoms with Crippen LogP contribution in [0, 0.1) is 0 Å². The van der Waals surface area contributed by atoms with E-state index in [-0.39, 0.29) is 5.91 Å². The second-order valence-electron chi connectivity index (χ2n) is 8.89. The summed E-state index contributed by atoms with van der Waals surface area (Å²) >= 11 is 0.